The van der Waals surface area contributed by atoms with E-state index in [9.17, 15) is 5.11 Å². The van der Waals surface area contributed by atoms with Gasteiger partial charge in [-0.05, 0) is 30.4 Å². The Bertz CT molecular complexity index is 309. The molecule has 0 saturated heterocycles. The molecule has 2 N–H and O–H groups in total. The molecule has 76 valence electrons. The van der Waals surface area contributed by atoms with Gasteiger partial charge in [0.05, 0.1) is 12.7 Å². The number of aliphatic hydroxyl groups is 2. The summed E-state index contributed by atoms with van der Waals surface area (Å²) in [4.78, 5) is 0. The summed E-state index contributed by atoms with van der Waals surface area (Å²) in [7, 11) is 0. The van der Waals surface area contributed by atoms with Crippen LogP contribution in [0.3, 0.4) is 0 Å². The highest BCUT2D eigenvalue weighted by atomic mass is 16.3. The third-order valence-corrected chi connectivity index (χ3v) is 3.07. The van der Waals surface area contributed by atoms with E-state index in [-0.39, 0.29) is 12.5 Å². The number of benzene rings is 1. The molecule has 0 fully saturated rings. The second-order valence-corrected chi connectivity index (χ2v) is 3.95. The maximum Gasteiger partial charge on any atom is 0.0839 e. The quantitative estimate of drug-likeness (QED) is 0.744. The Hall–Kier alpha value is -0.860. The molecule has 0 bridgehead atoms. The summed E-state index contributed by atoms with van der Waals surface area (Å²) in [5.41, 5.74) is 2.55. The van der Waals surface area contributed by atoms with Crippen molar-refractivity contribution in [1.29, 1.82) is 0 Å². The van der Waals surface area contributed by atoms with Crippen LogP contribution in [0.4, 0.5) is 0 Å². The molecule has 2 rings (SSSR count). The molecule has 0 aliphatic heterocycles. The first kappa shape index (κ1) is 9.69. The lowest BCUT2D eigenvalue weighted by molar-refractivity contribution is 0.0675. The van der Waals surface area contributed by atoms with E-state index in [1.807, 2.05) is 12.1 Å². The van der Waals surface area contributed by atoms with Crippen molar-refractivity contribution in [3.8, 4) is 0 Å². The summed E-state index contributed by atoms with van der Waals surface area (Å²) >= 11 is 0. The Balaban J connectivity index is 2.30. The van der Waals surface area contributed by atoms with E-state index in [0.717, 1.165) is 19.3 Å². The smallest absolute Gasteiger partial charge is 0.0839 e. The van der Waals surface area contributed by atoms with E-state index in [0.29, 0.717) is 0 Å². The highest BCUT2D eigenvalue weighted by Gasteiger charge is 2.25. The molecule has 1 aliphatic rings. The lowest BCUT2D eigenvalue weighted by Crippen LogP contribution is -2.25. The number of aryl methyl sites for hydroxylation is 1. The Morgan fingerprint density at radius 3 is 2.93 bits per heavy atom. The molecule has 0 heterocycles. The summed E-state index contributed by atoms with van der Waals surface area (Å²) in [6, 6.07) is 8.22. The minimum Gasteiger partial charge on any atom is -0.394 e. The van der Waals surface area contributed by atoms with Crippen LogP contribution in [0, 0.1) is 0 Å². The van der Waals surface area contributed by atoms with Gasteiger partial charge in [0.25, 0.3) is 0 Å². The minimum atomic E-state index is -0.601. The van der Waals surface area contributed by atoms with Gasteiger partial charge in [0.15, 0.2) is 0 Å². The van der Waals surface area contributed by atoms with Crippen LogP contribution in [-0.2, 0) is 6.42 Å². The van der Waals surface area contributed by atoms with E-state index in [1.165, 1.54) is 11.1 Å². The summed E-state index contributed by atoms with van der Waals surface area (Å²) in [6.45, 7) is -0.140. The molecule has 2 nitrogen and oxygen atoms in total. The van der Waals surface area contributed by atoms with Crippen molar-refractivity contribution in [2.24, 2.45) is 0 Å². The average Bonchev–Trinajstić information content (AvgIpc) is 2.27. The van der Waals surface area contributed by atoms with Crippen molar-refractivity contribution in [1.82, 2.24) is 0 Å². The lowest BCUT2D eigenvalue weighted by atomic mass is 9.80. The molecule has 1 aromatic carbocycles. The molecule has 2 heteroatoms. The molecule has 0 spiro atoms. The zero-order valence-electron chi connectivity index (χ0n) is 8.19. The Labute approximate surface area is 84.2 Å². The maximum absolute atomic E-state index is 9.68. The lowest BCUT2D eigenvalue weighted by Gasteiger charge is -2.28. The van der Waals surface area contributed by atoms with Gasteiger partial charge in [-0.1, -0.05) is 24.3 Å². The fourth-order valence-corrected chi connectivity index (χ4v) is 2.32. The number of aliphatic hydroxyl groups excluding tert-OH is 2. The van der Waals surface area contributed by atoms with Crippen LogP contribution in [0.1, 0.15) is 29.9 Å². The molecule has 0 aromatic heterocycles. The van der Waals surface area contributed by atoms with E-state index in [4.69, 9.17) is 5.11 Å². The molecule has 1 aromatic rings. The summed E-state index contributed by atoms with van der Waals surface area (Å²) < 4.78 is 0. The van der Waals surface area contributed by atoms with Crippen LogP contribution >= 0.6 is 0 Å². The Kier molecular flexibility index (Phi) is 2.85. The SMILES string of the molecule is OCC(O)C1CCCc2ccccc21. The monoisotopic (exact) mass is 192 g/mol. The van der Waals surface area contributed by atoms with Gasteiger partial charge < -0.3 is 10.2 Å². The predicted octanol–water partition coefficient (Wildman–Crippen LogP) is 1.46. The van der Waals surface area contributed by atoms with Crippen LogP contribution in [0.2, 0.25) is 0 Å². The molecule has 0 amide bonds. The molecule has 1 aliphatic carbocycles. The van der Waals surface area contributed by atoms with Crippen molar-refractivity contribution in [3.63, 3.8) is 0 Å². The zero-order valence-corrected chi connectivity index (χ0v) is 8.19. The largest absolute Gasteiger partial charge is 0.394 e. The zero-order chi connectivity index (χ0) is 9.97. The Morgan fingerprint density at radius 1 is 1.36 bits per heavy atom. The molecule has 0 radical (unpaired) electrons. The second-order valence-electron chi connectivity index (χ2n) is 3.95. The normalized spacial score (nSPS) is 22.9. The Morgan fingerprint density at radius 2 is 2.14 bits per heavy atom. The average molecular weight is 192 g/mol. The van der Waals surface area contributed by atoms with Crippen molar-refractivity contribution in [2.45, 2.75) is 31.3 Å². The summed E-state index contributed by atoms with van der Waals surface area (Å²) in [5, 5.41) is 18.6. The van der Waals surface area contributed by atoms with E-state index < -0.39 is 6.10 Å². The third kappa shape index (κ3) is 1.68. The highest BCUT2D eigenvalue weighted by molar-refractivity contribution is 5.33. The van der Waals surface area contributed by atoms with Gasteiger partial charge in [-0.3, -0.25) is 0 Å². The number of hydrogen-bond acceptors (Lipinski definition) is 2. The van der Waals surface area contributed by atoms with Crippen molar-refractivity contribution < 1.29 is 10.2 Å². The summed E-state index contributed by atoms with van der Waals surface area (Å²) in [5.74, 6) is 0.130. The van der Waals surface area contributed by atoms with E-state index in [2.05, 4.69) is 12.1 Å². The third-order valence-electron chi connectivity index (χ3n) is 3.07. The van der Waals surface area contributed by atoms with Gasteiger partial charge in [-0.25, -0.2) is 0 Å². The van der Waals surface area contributed by atoms with Gasteiger partial charge in [0.2, 0.25) is 0 Å². The maximum atomic E-state index is 9.68. The first-order valence-electron chi connectivity index (χ1n) is 5.19. The molecular weight excluding hydrogens is 176 g/mol. The minimum absolute atomic E-state index is 0.130. The van der Waals surface area contributed by atoms with E-state index >= 15 is 0 Å². The number of rotatable bonds is 2. The summed E-state index contributed by atoms with van der Waals surface area (Å²) in [6.07, 6.45) is 2.60. The number of hydrogen-bond donors (Lipinski definition) is 2. The fourth-order valence-electron chi connectivity index (χ4n) is 2.32. The predicted molar refractivity (Wildman–Crippen MR) is 55.2 cm³/mol. The molecule has 0 saturated carbocycles. The van der Waals surface area contributed by atoms with E-state index in [1.54, 1.807) is 0 Å². The molecule has 2 atom stereocenters. The van der Waals surface area contributed by atoms with Gasteiger partial charge >= 0.3 is 0 Å². The topological polar surface area (TPSA) is 40.5 Å². The molecule has 14 heavy (non-hydrogen) atoms. The second kappa shape index (κ2) is 4.11. The molecular formula is C12H16O2. The van der Waals surface area contributed by atoms with Gasteiger partial charge in [0, 0.05) is 5.92 Å². The first-order chi connectivity index (χ1) is 6.83. The van der Waals surface area contributed by atoms with Crippen LogP contribution in [0.5, 0.6) is 0 Å². The van der Waals surface area contributed by atoms with Crippen LogP contribution in [0.15, 0.2) is 24.3 Å². The van der Waals surface area contributed by atoms with Crippen molar-refractivity contribution in [3.05, 3.63) is 35.4 Å². The van der Waals surface area contributed by atoms with Crippen LogP contribution in [-0.4, -0.2) is 22.9 Å². The first-order valence-corrected chi connectivity index (χ1v) is 5.19. The van der Waals surface area contributed by atoms with Gasteiger partial charge in [-0.2, -0.15) is 0 Å². The molecule has 2 unspecified atom stereocenters. The standard InChI is InChI=1S/C12H16O2/c13-8-12(14)11-7-3-5-9-4-1-2-6-10(9)11/h1-2,4,6,11-14H,3,5,7-8H2. The van der Waals surface area contributed by atoms with Gasteiger partial charge in [-0.15, -0.1) is 0 Å². The fraction of sp³-hybridized carbons (Fsp3) is 0.500. The number of fused-ring (bicyclic) bond motifs is 1. The van der Waals surface area contributed by atoms with Crippen molar-refractivity contribution >= 4 is 0 Å². The van der Waals surface area contributed by atoms with Crippen LogP contribution < -0.4 is 0 Å². The van der Waals surface area contributed by atoms with Crippen LogP contribution in [0.25, 0.3) is 0 Å². The van der Waals surface area contributed by atoms with Gasteiger partial charge in [0.1, 0.15) is 0 Å². The highest BCUT2D eigenvalue weighted by Crippen LogP contribution is 2.33. The van der Waals surface area contributed by atoms with Crippen molar-refractivity contribution in [2.75, 3.05) is 6.61 Å².